The number of ether oxygens (including phenoxy) is 2. The van der Waals surface area contributed by atoms with Crippen LogP contribution in [0.1, 0.15) is 0 Å². The molecule has 0 aromatic heterocycles. The largest absolute Gasteiger partial charge is 0.490 e. The molecule has 5 heteroatoms. The van der Waals surface area contributed by atoms with E-state index < -0.39 is 0 Å². The summed E-state index contributed by atoms with van der Waals surface area (Å²) in [4.78, 5) is 0. The van der Waals surface area contributed by atoms with Crippen molar-refractivity contribution in [3.63, 3.8) is 0 Å². The molecule has 100 valence electrons. The lowest BCUT2D eigenvalue weighted by molar-refractivity contribution is 0.217. The van der Waals surface area contributed by atoms with Gasteiger partial charge in [-0.3, -0.25) is 0 Å². The first-order valence-electron chi connectivity index (χ1n) is 5.71. The van der Waals surface area contributed by atoms with E-state index in [0.717, 1.165) is 0 Å². The third-order valence-electron chi connectivity index (χ3n) is 2.37. The number of hydrogen-bond acceptors (Lipinski definition) is 3. The number of hydrogen-bond donors (Lipinski definition) is 1. The second kappa shape index (κ2) is 6.43. The van der Waals surface area contributed by atoms with Crippen molar-refractivity contribution in [3.8, 4) is 11.5 Å². The third-order valence-corrected chi connectivity index (χ3v) is 2.98. The Morgan fingerprint density at radius 2 is 1.68 bits per heavy atom. The maximum absolute atomic E-state index is 13.0. The van der Waals surface area contributed by atoms with Crippen LogP contribution in [0.2, 0.25) is 0 Å². The van der Waals surface area contributed by atoms with Crippen LogP contribution >= 0.6 is 15.9 Å². The van der Waals surface area contributed by atoms with E-state index in [1.807, 2.05) is 12.1 Å². The van der Waals surface area contributed by atoms with Crippen molar-refractivity contribution in [3.05, 3.63) is 52.8 Å². The van der Waals surface area contributed by atoms with Crippen molar-refractivity contribution in [2.24, 2.45) is 0 Å². The van der Waals surface area contributed by atoms with Crippen LogP contribution in [0, 0.1) is 5.82 Å². The summed E-state index contributed by atoms with van der Waals surface area (Å²) in [5, 5.41) is 0. The average molecular weight is 326 g/mol. The Morgan fingerprint density at radius 3 is 2.32 bits per heavy atom. The topological polar surface area (TPSA) is 44.5 Å². The van der Waals surface area contributed by atoms with Gasteiger partial charge in [-0.1, -0.05) is 6.07 Å². The summed E-state index contributed by atoms with van der Waals surface area (Å²) >= 11 is 3.10. The van der Waals surface area contributed by atoms with Crippen LogP contribution in [-0.2, 0) is 0 Å². The van der Waals surface area contributed by atoms with E-state index in [0.29, 0.717) is 34.9 Å². The Morgan fingerprint density at radius 1 is 1.00 bits per heavy atom. The van der Waals surface area contributed by atoms with Gasteiger partial charge in [-0.25, -0.2) is 4.39 Å². The molecule has 0 aliphatic heterocycles. The fraction of sp³-hybridized carbons (Fsp3) is 0.143. The first-order chi connectivity index (χ1) is 9.15. The van der Waals surface area contributed by atoms with Gasteiger partial charge in [-0.05, 0) is 46.3 Å². The molecule has 0 fully saturated rings. The summed E-state index contributed by atoms with van der Waals surface area (Å²) in [6.07, 6.45) is 0. The number of anilines is 1. The minimum absolute atomic E-state index is 0.316. The molecule has 0 radical (unpaired) electrons. The molecular weight excluding hydrogens is 313 g/mol. The molecule has 2 aromatic carbocycles. The molecule has 0 heterocycles. The highest BCUT2D eigenvalue weighted by Crippen LogP contribution is 2.21. The number of benzene rings is 2. The van der Waals surface area contributed by atoms with Gasteiger partial charge in [0.1, 0.15) is 30.5 Å². The SMILES string of the molecule is Nc1cccc(OCCOc2ccc(F)c(Br)c2)c1. The van der Waals surface area contributed by atoms with Crippen molar-refractivity contribution in [2.45, 2.75) is 0 Å². The fourth-order valence-corrected chi connectivity index (χ4v) is 1.85. The molecule has 0 saturated heterocycles. The van der Waals surface area contributed by atoms with E-state index in [1.165, 1.54) is 6.07 Å². The lowest BCUT2D eigenvalue weighted by atomic mass is 10.3. The van der Waals surface area contributed by atoms with Gasteiger partial charge < -0.3 is 15.2 Å². The zero-order chi connectivity index (χ0) is 13.7. The molecule has 2 aromatic rings. The highest BCUT2D eigenvalue weighted by atomic mass is 79.9. The van der Waals surface area contributed by atoms with E-state index in [4.69, 9.17) is 15.2 Å². The normalized spacial score (nSPS) is 10.2. The molecule has 0 unspecified atom stereocenters. The molecule has 0 saturated carbocycles. The van der Waals surface area contributed by atoms with Crippen LogP contribution in [0.4, 0.5) is 10.1 Å². The Labute approximate surface area is 119 Å². The summed E-state index contributed by atoms with van der Waals surface area (Å²) in [6, 6.07) is 11.7. The second-order valence-electron chi connectivity index (χ2n) is 3.85. The van der Waals surface area contributed by atoms with Crippen LogP contribution < -0.4 is 15.2 Å². The predicted octanol–water partition coefficient (Wildman–Crippen LogP) is 3.63. The van der Waals surface area contributed by atoms with Gasteiger partial charge in [0, 0.05) is 11.8 Å². The smallest absolute Gasteiger partial charge is 0.137 e. The zero-order valence-corrected chi connectivity index (χ0v) is 11.7. The third kappa shape index (κ3) is 4.13. The second-order valence-corrected chi connectivity index (χ2v) is 4.70. The summed E-state index contributed by atoms with van der Waals surface area (Å²) in [7, 11) is 0. The highest BCUT2D eigenvalue weighted by Gasteiger charge is 2.01. The molecule has 0 spiro atoms. The summed E-state index contributed by atoms with van der Waals surface area (Å²) < 4.78 is 24.3. The van der Waals surface area contributed by atoms with Crippen molar-refractivity contribution in [1.29, 1.82) is 0 Å². The van der Waals surface area contributed by atoms with E-state index in [2.05, 4.69) is 15.9 Å². The summed E-state index contributed by atoms with van der Waals surface area (Å²) in [5.41, 5.74) is 6.29. The maximum atomic E-state index is 13.0. The molecule has 0 bridgehead atoms. The van der Waals surface area contributed by atoms with Gasteiger partial charge in [0.2, 0.25) is 0 Å². The highest BCUT2D eigenvalue weighted by molar-refractivity contribution is 9.10. The number of rotatable bonds is 5. The van der Waals surface area contributed by atoms with E-state index >= 15 is 0 Å². The molecule has 0 aliphatic carbocycles. The summed E-state index contributed by atoms with van der Waals surface area (Å²) in [6.45, 7) is 0.755. The molecule has 3 nitrogen and oxygen atoms in total. The lowest BCUT2D eigenvalue weighted by Gasteiger charge is -2.09. The minimum atomic E-state index is -0.316. The van der Waals surface area contributed by atoms with Crippen molar-refractivity contribution in [1.82, 2.24) is 0 Å². The molecule has 0 amide bonds. The molecule has 0 atom stereocenters. The number of halogens is 2. The molecule has 2 N–H and O–H groups in total. The Bertz CT molecular complexity index is 563. The minimum Gasteiger partial charge on any atom is -0.490 e. The van der Waals surface area contributed by atoms with Crippen molar-refractivity contribution < 1.29 is 13.9 Å². The van der Waals surface area contributed by atoms with E-state index in [-0.39, 0.29) is 5.82 Å². The van der Waals surface area contributed by atoms with Gasteiger partial charge >= 0.3 is 0 Å². The number of nitrogens with two attached hydrogens (primary N) is 1. The Balaban J connectivity index is 1.79. The van der Waals surface area contributed by atoms with Gasteiger partial charge in [-0.15, -0.1) is 0 Å². The Kier molecular flexibility index (Phi) is 4.63. The van der Waals surface area contributed by atoms with E-state index in [9.17, 15) is 4.39 Å². The monoisotopic (exact) mass is 325 g/mol. The standard InChI is InChI=1S/C14H13BrFNO2/c15-13-9-12(4-5-14(13)16)19-7-6-18-11-3-1-2-10(17)8-11/h1-5,8-9H,6-7,17H2. The lowest BCUT2D eigenvalue weighted by Crippen LogP contribution is -2.09. The fourth-order valence-electron chi connectivity index (χ4n) is 1.49. The van der Waals surface area contributed by atoms with E-state index in [1.54, 1.807) is 24.3 Å². The number of nitrogen functional groups attached to an aromatic ring is 1. The molecular formula is C14H13BrFNO2. The summed E-state index contributed by atoms with van der Waals surface area (Å²) in [5.74, 6) is 0.969. The quantitative estimate of drug-likeness (QED) is 0.674. The first kappa shape index (κ1) is 13.7. The van der Waals surface area contributed by atoms with Crippen LogP contribution in [0.3, 0.4) is 0 Å². The van der Waals surface area contributed by atoms with Crippen LogP contribution in [0.15, 0.2) is 46.9 Å². The van der Waals surface area contributed by atoms with Gasteiger partial charge in [-0.2, -0.15) is 0 Å². The maximum Gasteiger partial charge on any atom is 0.137 e. The average Bonchev–Trinajstić information content (AvgIpc) is 2.39. The molecule has 19 heavy (non-hydrogen) atoms. The predicted molar refractivity (Wildman–Crippen MR) is 75.9 cm³/mol. The first-order valence-corrected chi connectivity index (χ1v) is 6.50. The van der Waals surface area contributed by atoms with Crippen LogP contribution in [-0.4, -0.2) is 13.2 Å². The molecule has 2 rings (SSSR count). The Hall–Kier alpha value is -1.75. The zero-order valence-electron chi connectivity index (χ0n) is 10.1. The van der Waals surface area contributed by atoms with Crippen molar-refractivity contribution >= 4 is 21.6 Å². The van der Waals surface area contributed by atoms with Gasteiger partial charge in [0.15, 0.2) is 0 Å². The van der Waals surface area contributed by atoms with Gasteiger partial charge in [0.25, 0.3) is 0 Å². The molecule has 0 aliphatic rings. The van der Waals surface area contributed by atoms with Crippen LogP contribution in [0.25, 0.3) is 0 Å². The van der Waals surface area contributed by atoms with Crippen molar-refractivity contribution in [2.75, 3.05) is 18.9 Å². The van der Waals surface area contributed by atoms with Gasteiger partial charge in [0.05, 0.1) is 4.47 Å². The van der Waals surface area contributed by atoms with Crippen LogP contribution in [0.5, 0.6) is 11.5 Å².